The predicted octanol–water partition coefficient (Wildman–Crippen LogP) is 7.47. The molecule has 4 rings (SSSR count). The Hall–Kier alpha value is -1.96. The topological polar surface area (TPSA) is 18.5 Å². The molecule has 2 fully saturated rings. The molecule has 2 saturated carbocycles. The second kappa shape index (κ2) is 8.88. The van der Waals surface area contributed by atoms with E-state index < -0.39 is 0 Å². The fourth-order valence-corrected chi connectivity index (χ4v) is 4.27. The molecule has 168 valence electrons. The first-order valence-corrected chi connectivity index (χ1v) is 12.2. The van der Waals surface area contributed by atoms with Gasteiger partial charge in [-0.2, -0.15) is 0 Å². The van der Waals surface area contributed by atoms with E-state index in [4.69, 9.17) is 9.47 Å². The number of hydrogen-bond donors (Lipinski definition) is 0. The van der Waals surface area contributed by atoms with Crippen LogP contribution in [0.1, 0.15) is 83.4 Å². The molecule has 2 nitrogen and oxygen atoms in total. The van der Waals surface area contributed by atoms with Crippen LogP contribution in [0, 0.1) is 11.8 Å². The summed E-state index contributed by atoms with van der Waals surface area (Å²) in [7, 11) is 0. The molecule has 2 aliphatic carbocycles. The Labute approximate surface area is 189 Å². The molecule has 2 aromatic carbocycles. The van der Waals surface area contributed by atoms with Crippen molar-refractivity contribution < 1.29 is 9.47 Å². The van der Waals surface area contributed by atoms with Crippen LogP contribution in [0.15, 0.2) is 42.5 Å². The summed E-state index contributed by atoms with van der Waals surface area (Å²) in [5.74, 6) is 3.56. The molecule has 31 heavy (non-hydrogen) atoms. The molecule has 0 unspecified atom stereocenters. The van der Waals surface area contributed by atoms with E-state index in [1.807, 2.05) is 0 Å². The van der Waals surface area contributed by atoms with Gasteiger partial charge in [0.2, 0.25) is 0 Å². The van der Waals surface area contributed by atoms with Gasteiger partial charge in [-0.15, -0.1) is 0 Å². The van der Waals surface area contributed by atoms with Crippen LogP contribution in [-0.2, 0) is 17.3 Å². The van der Waals surface area contributed by atoms with E-state index in [1.165, 1.54) is 48.8 Å². The first kappa shape index (κ1) is 22.2. The zero-order chi connectivity index (χ0) is 22.1. The number of hydrogen-bond acceptors (Lipinski definition) is 2. The fraction of sp³-hybridized carbons (Fsp3) is 0.586. The molecule has 0 N–H and O–H groups in total. The van der Waals surface area contributed by atoms with Gasteiger partial charge in [0.05, 0.1) is 13.2 Å². The van der Waals surface area contributed by atoms with Gasteiger partial charge in [-0.1, -0.05) is 59.2 Å². The smallest absolute Gasteiger partial charge is 0.119 e. The summed E-state index contributed by atoms with van der Waals surface area (Å²) >= 11 is 0. The van der Waals surface area contributed by atoms with E-state index in [0.717, 1.165) is 43.0 Å². The van der Waals surface area contributed by atoms with Crippen molar-refractivity contribution in [3.63, 3.8) is 0 Å². The van der Waals surface area contributed by atoms with Gasteiger partial charge < -0.3 is 9.47 Å². The van der Waals surface area contributed by atoms with Crippen molar-refractivity contribution in [2.24, 2.45) is 11.8 Å². The highest BCUT2D eigenvalue weighted by Crippen LogP contribution is 2.35. The molecule has 2 aliphatic rings. The zero-order valence-corrected chi connectivity index (χ0v) is 20.2. The lowest BCUT2D eigenvalue weighted by Crippen LogP contribution is -2.22. The molecule has 0 radical (unpaired) electrons. The Morgan fingerprint density at radius 3 is 2.00 bits per heavy atom. The van der Waals surface area contributed by atoms with Crippen molar-refractivity contribution in [2.75, 3.05) is 13.2 Å². The van der Waals surface area contributed by atoms with Crippen LogP contribution < -0.4 is 9.47 Å². The van der Waals surface area contributed by atoms with Crippen molar-refractivity contribution in [1.29, 1.82) is 0 Å². The maximum Gasteiger partial charge on any atom is 0.119 e. The van der Waals surface area contributed by atoms with Crippen LogP contribution in [-0.4, -0.2) is 13.2 Å². The predicted molar refractivity (Wildman–Crippen MR) is 129 cm³/mol. The largest absolute Gasteiger partial charge is 0.493 e. The first-order valence-electron chi connectivity index (χ1n) is 12.2. The first-order chi connectivity index (χ1) is 14.7. The maximum absolute atomic E-state index is 6.27. The van der Waals surface area contributed by atoms with Crippen LogP contribution in [0.4, 0.5) is 0 Å². The Kier molecular flexibility index (Phi) is 6.37. The highest BCUT2D eigenvalue weighted by atomic mass is 16.5. The summed E-state index contributed by atoms with van der Waals surface area (Å²) in [5.41, 5.74) is 4.15. The average molecular weight is 421 g/mol. The zero-order valence-electron chi connectivity index (χ0n) is 20.2. The lowest BCUT2D eigenvalue weighted by Gasteiger charge is -2.29. The van der Waals surface area contributed by atoms with Crippen LogP contribution >= 0.6 is 0 Å². The van der Waals surface area contributed by atoms with Crippen LogP contribution in [0.2, 0.25) is 0 Å². The lowest BCUT2D eigenvalue weighted by molar-refractivity contribution is 0.180. The molecule has 0 aromatic heterocycles. The van der Waals surface area contributed by atoms with Gasteiger partial charge in [0.25, 0.3) is 0 Å². The van der Waals surface area contributed by atoms with Gasteiger partial charge in [0.15, 0.2) is 0 Å². The fourth-order valence-electron chi connectivity index (χ4n) is 4.27. The summed E-state index contributed by atoms with van der Waals surface area (Å²) in [4.78, 5) is 0. The van der Waals surface area contributed by atoms with E-state index in [1.54, 1.807) is 0 Å². The van der Waals surface area contributed by atoms with E-state index in [2.05, 4.69) is 77.1 Å². The molecule has 0 bridgehead atoms. The van der Waals surface area contributed by atoms with Crippen molar-refractivity contribution in [3.05, 3.63) is 59.2 Å². The normalized spacial score (nSPS) is 17.3. The molecule has 0 spiro atoms. The van der Waals surface area contributed by atoms with Crippen LogP contribution in [0.3, 0.4) is 0 Å². The highest BCUT2D eigenvalue weighted by molar-refractivity contribution is 5.40. The summed E-state index contributed by atoms with van der Waals surface area (Å²) in [6.45, 7) is 13.3. The molecule has 0 atom stereocenters. The standard InChI is InChI=1S/C29H40O2/c1-28(2,3)25-14-23(15-27(17-25)31-19-21-8-6-9-21)18-29(4,5)24-10-7-11-26(16-24)30-20-22-12-13-22/h7,10-11,14-17,21-22H,6,8-9,12-13,18-20H2,1-5H3. The van der Waals surface area contributed by atoms with E-state index in [0.29, 0.717) is 0 Å². The van der Waals surface area contributed by atoms with E-state index in [9.17, 15) is 0 Å². The minimum atomic E-state index is 0.0146. The van der Waals surface area contributed by atoms with Crippen molar-refractivity contribution in [3.8, 4) is 11.5 Å². The Bertz CT molecular complexity index is 882. The monoisotopic (exact) mass is 420 g/mol. The highest BCUT2D eigenvalue weighted by Gasteiger charge is 2.25. The second-order valence-corrected chi connectivity index (χ2v) is 11.6. The van der Waals surface area contributed by atoms with E-state index >= 15 is 0 Å². The van der Waals surface area contributed by atoms with Crippen LogP contribution in [0.5, 0.6) is 11.5 Å². The van der Waals surface area contributed by atoms with Crippen molar-refractivity contribution in [1.82, 2.24) is 0 Å². The lowest BCUT2D eigenvalue weighted by atomic mass is 9.77. The minimum Gasteiger partial charge on any atom is -0.493 e. The SMILES string of the molecule is CC(C)(C)c1cc(CC(C)(C)c2cccc(OCC3CC3)c2)cc(OCC2CCC2)c1. The molecule has 0 amide bonds. The van der Waals surface area contributed by atoms with Gasteiger partial charge in [-0.05, 0) is 95.7 Å². The molecule has 0 heterocycles. The summed E-state index contributed by atoms with van der Waals surface area (Å²) in [5, 5.41) is 0. The van der Waals surface area contributed by atoms with Gasteiger partial charge in [0, 0.05) is 0 Å². The summed E-state index contributed by atoms with van der Waals surface area (Å²) < 4.78 is 12.3. The molecular weight excluding hydrogens is 380 g/mol. The van der Waals surface area contributed by atoms with Gasteiger partial charge in [-0.3, -0.25) is 0 Å². The summed E-state index contributed by atoms with van der Waals surface area (Å²) in [6, 6.07) is 15.6. The minimum absolute atomic E-state index is 0.0146. The third-order valence-electron chi connectivity index (χ3n) is 6.99. The number of benzene rings is 2. The van der Waals surface area contributed by atoms with Crippen molar-refractivity contribution in [2.45, 2.75) is 84.0 Å². The van der Waals surface area contributed by atoms with E-state index in [-0.39, 0.29) is 10.8 Å². The van der Waals surface area contributed by atoms with Gasteiger partial charge in [0.1, 0.15) is 11.5 Å². The molecule has 2 aromatic rings. The molecule has 2 heteroatoms. The Morgan fingerprint density at radius 1 is 0.742 bits per heavy atom. The average Bonchev–Trinajstić information content (AvgIpc) is 3.49. The van der Waals surface area contributed by atoms with Gasteiger partial charge >= 0.3 is 0 Å². The summed E-state index contributed by atoms with van der Waals surface area (Å²) in [6.07, 6.45) is 7.61. The quantitative estimate of drug-likeness (QED) is 0.419. The van der Waals surface area contributed by atoms with Crippen molar-refractivity contribution >= 4 is 0 Å². The second-order valence-electron chi connectivity index (χ2n) is 11.6. The molecular formula is C29H40O2. The van der Waals surface area contributed by atoms with Gasteiger partial charge in [-0.25, -0.2) is 0 Å². The third-order valence-corrected chi connectivity index (χ3v) is 6.99. The maximum atomic E-state index is 6.27. The Balaban J connectivity index is 1.52. The number of rotatable bonds is 9. The third kappa shape index (κ3) is 6.05. The van der Waals surface area contributed by atoms with Crippen LogP contribution in [0.25, 0.3) is 0 Å². The molecule has 0 aliphatic heterocycles. The Morgan fingerprint density at radius 2 is 1.39 bits per heavy atom. The molecule has 0 saturated heterocycles. The number of ether oxygens (including phenoxy) is 2.